The Balaban J connectivity index is 1.93. The molecule has 2 aliphatic carbocycles. The van der Waals surface area contributed by atoms with E-state index < -0.39 is 0 Å². The largest absolute Gasteiger partial charge is 0.372 e. The highest BCUT2D eigenvalue weighted by Crippen LogP contribution is 2.74. The van der Waals surface area contributed by atoms with Crippen LogP contribution in [-0.4, -0.2) is 35.7 Å². The van der Waals surface area contributed by atoms with Crippen molar-refractivity contribution in [1.82, 2.24) is 4.90 Å². The zero-order valence-corrected chi connectivity index (χ0v) is 6.08. The third kappa shape index (κ3) is 0.226. The standard InChI is InChI=1S/C8H11NO/c1-9-5-2-4-3-8(9)6(5)7(8)10-4/h4-7H,2-3H2,1H3. The Hall–Kier alpha value is -0.0800. The summed E-state index contributed by atoms with van der Waals surface area (Å²) in [6, 6.07) is 0.914. The second-order valence-electron chi connectivity index (χ2n) is 4.31. The molecule has 6 fully saturated rings. The Morgan fingerprint density at radius 3 is 3.00 bits per heavy atom. The van der Waals surface area contributed by atoms with Crippen molar-refractivity contribution in [2.75, 3.05) is 7.05 Å². The second-order valence-corrected chi connectivity index (χ2v) is 4.31. The van der Waals surface area contributed by atoms with Crippen LogP contribution < -0.4 is 0 Å². The van der Waals surface area contributed by atoms with Crippen LogP contribution in [0.1, 0.15) is 12.8 Å². The number of likely N-dealkylation sites (N-methyl/N-ethyl adjacent to an activating group) is 1. The highest BCUT2D eigenvalue weighted by atomic mass is 16.5. The lowest BCUT2D eigenvalue weighted by molar-refractivity contribution is -0.0771. The Morgan fingerprint density at radius 1 is 1.60 bits per heavy atom. The normalized spacial score (nSPS) is 75.3. The molecule has 2 saturated carbocycles. The van der Waals surface area contributed by atoms with E-state index >= 15 is 0 Å². The summed E-state index contributed by atoms with van der Waals surface area (Å²) in [4.78, 5) is 2.56. The van der Waals surface area contributed by atoms with Gasteiger partial charge < -0.3 is 4.74 Å². The Morgan fingerprint density at radius 2 is 2.50 bits per heavy atom. The molecule has 2 nitrogen and oxygen atoms in total. The van der Waals surface area contributed by atoms with Crippen molar-refractivity contribution in [2.45, 2.75) is 36.6 Å². The summed E-state index contributed by atoms with van der Waals surface area (Å²) < 4.78 is 5.81. The van der Waals surface area contributed by atoms with Crippen LogP contribution in [0.15, 0.2) is 0 Å². The molecular weight excluding hydrogens is 126 g/mol. The molecule has 4 saturated heterocycles. The average molecular weight is 137 g/mol. The summed E-state index contributed by atoms with van der Waals surface area (Å²) >= 11 is 0. The molecule has 0 aromatic rings. The van der Waals surface area contributed by atoms with Gasteiger partial charge in [-0.3, -0.25) is 4.90 Å². The zero-order valence-electron chi connectivity index (χ0n) is 6.08. The van der Waals surface area contributed by atoms with E-state index in [2.05, 4.69) is 11.9 Å². The van der Waals surface area contributed by atoms with Crippen LogP contribution in [0.3, 0.4) is 0 Å². The van der Waals surface area contributed by atoms with E-state index in [1.54, 1.807) is 0 Å². The molecule has 5 bridgehead atoms. The maximum atomic E-state index is 5.81. The fourth-order valence-corrected chi connectivity index (χ4v) is 3.79. The molecule has 4 heterocycles. The Kier molecular flexibility index (Phi) is 0.462. The summed E-state index contributed by atoms with van der Waals surface area (Å²) in [6.45, 7) is 0. The highest BCUT2D eigenvalue weighted by molar-refractivity contribution is 5.39. The zero-order chi connectivity index (χ0) is 6.51. The van der Waals surface area contributed by atoms with Crippen LogP contribution in [0.4, 0.5) is 0 Å². The van der Waals surface area contributed by atoms with Crippen molar-refractivity contribution in [1.29, 1.82) is 0 Å². The van der Waals surface area contributed by atoms with Crippen LogP contribution in [0.5, 0.6) is 0 Å². The highest BCUT2D eigenvalue weighted by Gasteiger charge is 2.86. The van der Waals surface area contributed by atoms with Gasteiger partial charge >= 0.3 is 0 Å². The third-order valence-electron chi connectivity index (χ3n) is 4.25. The summed E-state index contributed by atoms with van der Waals surface area (Å²) in [5.74, 6) is 0.961. The SMILES string of the molecule is CN1C2CC3CC14C(O3)C24. The van der Waals surface area contributed by atoms with E-state index in [1.807, 2.05) is 0 Å². The third-order valence-corrected chi connectivity index (χ3v) is 4.25. The second kappa shape index (κ2) is 0.978. The maximum absolute atomic E-state index is 5.81. The number of piperidine rings is 1. The number of hydrogen-bond acceptors (Lipinski definition) is 2. The van der Waals surface area contributed by atoms with Crippen molar-refractivity contribution < 1.29 is 4.74 Å². The first-order valence-corrected chi connectivity index (χ1v) is 4.22. The van der Waals surface area contributed by atoms with E-state index in [-0.39, 0.29) is 0 Å². The minimum absolute atomic E-state index is 0.591. The van der Waals surface area contributed by atoms with Crippen molar-refractivity contribution in [3.05, 3.63) is 0 Å². The molecular formula is C8H11NO. The van der Waals surface area contributed by atoms with Gasteiger partial charge in [-0.05, 0) is 19.9 Å². The molecule has 5 atom stereocenters. The number of rotatable bonds is 0. The maximum Gasteiger partial charge on any atom is 0.0829 e. The van der Waals surface area contributed by atoms with Gasteiger partial charge in [0, 0.05) is 12.0 Å². The van der Waals surface area contributed by atoms with Gasteiger partial charge in [0.15, 0.2) is 0 Å². The van der Waals surface area contributed by atoms with Crippen molar-refractivity contribution in [3.8, 4) is 0 Å². The lowest BCUT2D eigenvalue weighted by atomic mass is 9.79. The number of hydrogen-bond donors (Lipinski definition) is 0. The predicted molar refractivity (Wildman–Crippen MR) is 35.7 cm³/mol. The summed E-state index contributed by atoms with van der Waals surface area (Å²) in [5, 5.41) is 0. The van der Waals surface area contributed by atoms with Gasteiger partial charge in [0.1, 0.15) is 0 Å². The molecule has 1 spiro atoms. The first kappa shape index (κ1) is 4.73. The van der Waals surface area contributed by atoms with Gasteiger partial charge in [-0.1, -0.05) is 0 Å². The van der Waals surface area contributed by atoms with Gasteiger partial charge in [0.25, 0.3) is 0 Å². The van der Waals surface area contributed by atoms with Gasteiger partial charge in [-0.2, -0.15) is 0 Å². The van der Waals surface area contributed by atoms with Crippen LogP contribution in [-0.2, 0) is 4.74 Å². The molecule has 54 valence electrons. The van der Waals surface area contributed by atoms with E-state index in [0.29, 0.717) is 17.7 Å². The lowest BCUT2D eigenvalue weighted by Crippen LogP contribution is -2.61. The van der Waals surface area contributed by atoms with Crippen LogP contribution >= 0.6 is 0 Å². The molecule has 6 aliphatic rings. The van der Waals surface area contributed by atoms with E-state index in [1.165, 1.54) is 12.8 Å². The first-order valence-electron chi connectivity index (χ1n) is 4.22. The molecule has 0 N–H and O–H groups in total. The van der Waals surface area contributed by atoms with Crippen molar-refractivity contribution in [3.63, 3.8) is 0 Å². The van der Waals surface area contributed by atoms with Gasteiger partial charge in [0.05, 0.1) is 17.7 Å². The molecule has 0 aromatic carbocycles. The quantitative estimate of drug-likeness (QED) is 0.474. The molecule has 10 heavy (non-hydrogen) atoms. The van der Waals surface area contributed by atoms with Crippen molar-refractivity contribution in [2.24, 2.45) is 5.92 Å². The molecule has 4 aliphatic heterocycles. The average Bonchev–Trinajstić information content (AvgIpc) is 2.47. The van der Waals surface area contributed by atoms with E-state index in [9.17, 15) is 0 Å². The minimum Gasteiger partial charge on any atom is -0.372 e. The van der Waals surface area contributed by atoms with Gasteiger partial charge in [0.2, 0.25) is 0 Å². The smallest absolute Gasteiger partial charge is 0.0829 e. The van der Waals surface area contributed by atoms with Crippen LogP contribution in [0.2, 0.25) is 0 Å². The van der Waals surface area contributed by atoms with E-state index in [0.717, 1.165) is 12.0 Å². The monoisotopic (exact) mass is 137 g/mol. The van der Waals surface area contributed by atoms with Gasteiger partial charge in [-0.25, -0.2) is 0 Å². The lowest BCUT2D eigenvalue weighted by Gasteiger charge is -2.50. The van der Waals surface area contributed by atoms with E-state index in [4.69, 9.17) is 4.74 Å². The summed E-state index contributed by atoms with van der Waals surface area (Å²) in [7, 11) is 2.27. The fraction of sp³-hybridized carbons (Fsp3) is 1.00. The molecule has 0 radical (unpaired) electrons. The number of nitrogens with zero attached hydrogens (tertiary/aromatic N) is 1. The van der Waals surface area contributed by atoms with Crippen LogP contribution in [0.25, 0.3) is 0 Å². The summed E-state index contributed by atoms with van der Waals surface area (Å²) in [5.41, 5.74) is 0.591. The topological polar surface area (TPSA) is 12.5 Å². The van der Waals surface area contributed by atoms with Crippen molar-refractivity contribution >= 4 is 0 Å². The Labute approximate surface area is 60.1 Å². The molecule has 0 aromatic heterocycles. The Bertz CT molecular complexity index is 208. The fourth-order valence-electron chi connectivity index (χ4n) is 3.79. The van der Waals surface area contributed by atoms with Gasteiger partial charge in [-0.15, -0.1) is 0 Å². The molecule has 2 heteroatoms. The molecule has 5 unspecified atom stereocenters. The predicted octanol–water partition coefficient (Wildman–Crippen LogP) is 0.230. The molecule has 0 amide bonds. The number of ether oxygens (including phenoxy) is 1. The van der Waals surface area contributed by atoms with Crippen LogP contribution in [0, 0.1) is 5.92 Å². The minimum atomic E-state index is 0.591. The summed E-state index contributed by atoms with van der Waals surface area (Å²) in [6.07, 6.45) is 3.98. The molecule has 6 rings (SSSR count). The first-order chi connectivity index (χ1) is 4.84.